The van der Waals surface area contributed by atoms with Crippen molar-refractivity contribution in [2.24, 2.45) is 0 Å². The molecule has 168 valence electrons. The van der Waals surface area contributed by atoms with Gasteiger partial charge in [-0.2, -0.15) is 5.26 Å². The summed E-state index contributed by atoms with van der Waals surface area (Å²) < 4.78 is 24.8. The molecule has 2 aromatic rings. The van der Waals surface area contributed by atoms with Crippen molar-refractivity contribution in [1.29, 1.82) is 5.26 Å². The van der Waals surface area contributed by atoms with Gasteiger partial charge in [0.2, 0.25) is 5.91 Å². The third kappa shape index (κ3) is 5.42. The Bertz CT molecular complexity index is 1000. The molecule has 0 saturated carbocycles. The van der Waals surface area contributed by atoms with E-state index in [9.17, 15) is 19.2 Å². The van der Waals surface area contributed by atoms with Crippen molar-refractivity contribution >= 4 is 20.3 Å². The van der Waals surface area contributed by atoms with E-state index in [2.05, 4.69) is 6.07 Å². The number of carbonyl (C=O) groups excluding carboxylic acids is 2. The van der Waals surface area contributed by atoms with Crippen molar-refractivity contribution < 1.29 is 23.1 Å². The minimum absolute atomic E-state index is 0.0537. The Hall–Kier alpha value is -3.02. The second-order valence-electron chi connectivity index (χ2n) is 8.78. The molecule has 1 aliphatic rings. The number of amides is 2. The molecule has 0 aromatic heterocycles. The first kappa shape index (κ1) is 23.6. The summed E-state index contributed by atoms with van der Waals surface area (Å²) in [6.07, 6.45) is -0.0471. The van der Waals surface area contributed by atoms with Crippen LogP contribution in [0.3, 0.4) is 0 Å². The van der Waals surface area contributed by atoms with E-state index < -0.39 is 31.9 Å². The molecule has 0 N–H and O–H groups in total. The number of carbonyl (C=O) groups is 2. The van der Waals surface area contributed by atoms with Crippen molar-refractivity contribution in [3.8, 4) is 6.07 Å². The lowest BCUT2D eigenvalue weighted by Crippen LogP contribution is -2.40. The lowest BCUT2D eigenvalue weighted by atomic mass is 9.89. The zero-order valence-corrected chi connectivity index (χ0v) is 19.5. The van der Waals surface area contributed by atoms with Crippen molar-refractivity contribution in [3.05, 3.63) is 71.5 Å². The van der Waals surface area contributed by atoms with E-state index in [0.29, 0.717) is 12.0 Å². The Morgan fingerprint density at radius 3 is 2.47 bits per heavy atom. The zero-order valence-electron chi connectivity index (χ0n) is 18.5. The number of nitrogens with zero attached hydrogens (tertiary/aromatic N) is 2. The fraction of sp³-hybridized carbons (Fsp3) is 0.375. The summed E-state index contributed by atoms with van der Waals surface area (Å²) in [6, 6.07) is 16.7. The minimum atomic E-state index is -2.16. The van der Waals surface area contributed by atoms with E-state index in [1.54, 1.807) is 12.1 Å². The minimum Gasteiger partial charge on any atom is -0.446 e. The van der Waals surface area contributed by atoms with Gasteiger partial charge < -0.3 is 9.16 Å². The molecule has 2 atom stereocenters. The average Bonchev–Trinajstić information content (AvgIpc) is 3.14. The number of hydrogen-bond donors (Lipinski definition) is 0. The molecular weight excluding hydrogens is 427 g/mol. The molecular formula is C24H27FN2O4Si. The molecule has 1 fully saturated rings. The second-order valence-corrected chi connectivity index (χ2v) is 13.2. The number of imide groups is 1. The van der Waals surface area contributed by atoms with Crippen molar-refractivity contribution in [2.75, 3.05) is 6.61 Å². The lowest BCUT2D eigenvalue weighted by molar-refractivity contribution is -0.129. The third-order valence-electron chi connectivity index (χ3n) is 5.22. The van der Waals surface area contributed by atoms with Crippen LogP contribution in [-0.2, 0) is 19.6 Å². The van der Waals surface area contributed by atoms with Crippen molar-refractivity contribution in [2.45, 2.75) is 50.5 Å². The van der Waals surface area contributed by atoms with E-state index in [1.807, 2.05) is 50.0 Å². The number of halogens is 1. The molecule has 3 rings (SSSR count). The third-order valence-corrected chi connectivity index (χ3v) is 6.18. The highest BCUT2D eigenvalue weighted by Crippen LogP contribution is 2.35. The highest BCUT2D eigenvalue weighted by atomic mass is 28.4. The van der Waals surface area contributed by atoms with Gasteiger partial charge in [0, 0.05) is 6.42 Å². The fourth-order valence-electron chi connectivity index (χ4n) is 3.87. The van der Waals surface area contributed by atoms with Crippen molar-refractivity contribution in [3.63, 3.8) is 0 Å². The summed E-state index contributed by atoms with van der Waals surface area (Å²) in [5, 5.41) is 10.1. The van der Waals surface area contributed by atoms with Crippen LogP contribution in [0.25, 0.3) is 0 Å². The van der Waals surface area contributed by atoms with Crippen LogP contribution >= 0.6 is 0 Å². The van der Waals surface area contributed by atoms with Gasteiger partial charge in [-0.15, -0.1) is 0 Å². The van der Waals surface area contributed by atoms with Gasteiger partial charge in [-0.1, -0.05) is 42.5 Å². The van der Waals surface area contributed by atoms with E-state index in [1.165, 1.54) is 12.1 Å². The Balaban J connectivity index is 1.75. The smallest absolute Gasteiger partial charge is 0.417 e. The van der Waals surface area contributed by atoms with E-state index in [4.69, 9.17) is 9.16 Å². The fourth-order valence-corrected chi connectivity index (χ4v) is 5.18. The Morgan fingerprint density at radius 1 is 1.22 bits per heavy atom. The summed E-state index contributed by atoms with van der Waals surface area (Å²) in [6.45, 7) is 6.03. The van der Waals surface area contributed by atoms with Crippen LogP contribution in [0.5, 0.6) is 0 Å². The van der Waals surface area contributed by atoms with Crippen LogP contribution < -0.4 is 0 Å². The highest BCUT2D eigenvalue weighted by Gasteiger charge is 2.40. The normalized spacial score (nSPS) is 18.0. The summed E-state index contributed by atoms with van der Waals surface area (Å²) in [4.78, 5) is 26.3. The van der Waals surface area contributed by atoms with E-state index >= 15 is 0 Å². The number of ether oxygens (including phenoxy) is 1. The Kier molecular flexibility index (Phi) is 7.11. The predicted molar refractivity (Wildman–Crippen MR) is 119 cm³/mol. The van der Waals surface area contributed by atoms with Gasteiger partial charge in [0.15, 0.2) is 13.9 Å². The Labute approximate surface area is 188 Å². The summed E-state index contributed by atoms with van der Waals surface area (Å²) >= 11 is 0. The lowest BCUT2D eigenvalue weighted by Gasteiger charge is -2.34. The molecule has 2 unspecified atom stereocenters. The topological polar surface area (TPSA) is 79.6 Å². The molecule has 32 heavy (non-hydrogen) atoms. The van der Waals surface area contributed by atoms with Crippen molar-refractivity contribution in [1.82, 2.24) is 4.90 Å². The molecule has 6 nitrogen and oxygen atoms in total. The number of nitriles is 1. The van der Waals surface area contributed by atoms with Crippen LogP contribution in [0.4, 0.5) is 9.18 Å². The first-order chi connectivity index (χ1) is 15.1. The maximum absolute atomic E-state index is 13.5. The summed E-state index contributed by atoms with van der Waals surface area (Å²) in [7, 11) is -2.16. The maximum Gasteiger partial charge on any atom is 0.417 e. The molecule has 2 amide bonds. The molecule has 0 bridgehead atoms. The molecule has 1 saturated heterocycles. The highest BCUT2D eigenvalue weighted by molar-refractivity contribution is 6.69. The van der Waals surface area contributed by atoms with Gasteiger partial charge in [0.25, 0.3) is 0 Å². The van der Waals surface area contributed by atoms with Crippen LogP contribution in [0.1, 0.15) is 36.4 Å². The SMILES string of the molecule is C[Si](C)(C)OC(C#N)(CCCC(=O)N1C(=O)OCC1c1ccccc1)c1ccc(F)cc1. The average molecular weight is 455 g/mol. The van der Waals surface area contributed by atoms with Crippen LogP contribution in [0.2, 0.25) is 19.6 Å². The molecule has 2 aromatic carbocycles. The number of rotatable bonds is 8. The van der Waals surface area contributed by atoms with E-state index in [0.717, 1.165) is 10.5 Å². The molecule has 0 radical (unpaired) electrons. The predicted octanol–water partition coefficient (Wildman–Crippen LogP) is 5.29. The molecule has 0 aliphatic carbocycles. The van der Waals surface area contributed by atoms with Crippen LogP contribution in [0.15, 0.2) is 54.6 Å². The second kappa shape index (κ2) is 9.63. The van der Waals surface area contributed by atoms with Gasteiger partial charge in [-0.3, -0.25) is 4.79 Å². The van der Waals surface area contributed by atoms with Crippen LogP contribution in [-0.4, -0.2) is 31.8 Å². The summed E-state index contributed by atoms with van der Waals surface area (Å²) in [5.74, 6) is -0.761. The first-order valence-electron chi connectivity index (χ1n) is 10.6. The molecule has 8 heteroatoms. The molecule has 0 spiro atoms. The number of cyclic esters (lactones) is 1. The van der Waals surface area contributed by atoms with E-state index in [-0.39, 0.29) is 25.4 Å². The zero-order chi connectivity index (χ0) is 23.4. The first-order valence-corrected chi connectivity index (χ1v) is 14.0. The standard InChI is InChI=1S/C24H27FN2O4Si/c1-32(2,3)31-24(17-26,19-11-13-20(25)14-12-19)15-7-10-22(28)27-21(16-30-23(27)29)18-8-5-4-6-9-18/h4-6,8-9,11-14,21H,7,10,15-16H2,1-3H3. The Morgan fingerprint density at radius 2 is 1.88 bits per heavy atom. The van der Waals surface area contributed by atoms with Gasteiger partial charge >= 0.3 is 6.09 Å². The quantitative estimate of drug-likeness (QED) is 0.507. The maximum atomic E-state index is 13.5. The number of hydrogen-bond acceptors (Lipinski definition) is 5. The van der Waals surface area contributed by atoms with Crippen LogP contribution in [0, 0.1) is 17.1 Å². The molecule has 1 aliphatic heterocycles. The largest absolute Gasteiger partial charge is 0.446 e. The van der Waals surface area contributed by atoms with Gasteiger partial charge in [0.05, 0.1) is 0 Å². The number of benzene rings is 2. The van der Waals surface area contributed by atoms with Gasteiger partial charge in [-0.05, 0) is 55.7 Å². The molecule has 1 heterocycles. The monoisotopic (exact) mass is 454 g/mol. The summed E-state index contributed by atoms with van der Waals surface area (Å²) in [5.41, 5.74) is 0.0912. The van der Waals surface area contributed by atoms with Gasteiger partial charge in [0.1, 0.15) is 24.5 Å². The van der Waals surface area contributed by atoms with Gasteiger partial charge in [-0.25, -0.2) is 14.1 Å².